The smallest absolute Gasteiger partial charge is 0.188 e. The standard InChI is InChI=1S/C14H14ClFN2O2/c1-2-19-8-4-3-5-9(6-8)20-14-11(18)7-10(17)12(15)13(14)16/h3-7H,2,17-18H2,1H3. The van der Waals surface area contributed by atoms with E-state index in [1.165, 1.54) is 6.07 Å². The van der Waals surface area contributed by atoms with Crippen molar-refractivity contribution in [2.24, 2.45) is 0 Å². The molecule has 0 aliphatic rings. The van der Waals surface area contributed by atoms with Crippen LogP contribution in [0.4, 0.5) is 15.8 Å². The van der Waals surface area contributed by atoms with Crippen molar-refractivity contribution in [3.63, 3.8) is 0 Å². The second kappa shape index (κ2) is 5.88. The highest BCUT2D eigenvalue weighted by molar-refractivity contribution is 6.33. The largest absolute Gasteiger partial charge is 0.494 e. The molecule has 0 unspecified atom stereocenters. The summed E-state index contributed by atoms with van der Waals surface area (Å²) in [4.78, 5) is 0. The van der Waals surface area contributed by atoms with Gasteiger partial charge in [-0.2, -0.15) is 0 Å². The van der Waals surface area contributed by atoms with Crippen molar-refractivity contribution >= 4 is 23.0 Å². The number of ether oxygens (including phenoxy) is 2. The molecule has 0 amide bonds. The third kappa shape index (κ3) is 2.88. The minimum Gasteiger partial charge on any atom is -0.494 e. The van der Waals surface area contributed by atoms with Gasteiger partial charge in [-0.1, -0.05) is 17.7 Å². The predicted octanol–water partition coefficient (Wildman–Crippen LogP) is 3.83. The van der Waals surface area contributed by atoms with Crippen molar-refractivity contribution in [1.82, 2.24) is 0 Å². The average molecular weight is 297 g/mol. The fourth-order valence-corrected chi connectivity index (χ4v) is 1.81. The number of nitrogens with two attached hydrogens (primary N) is 2. The molecule has 0 aliphatic carbocycles. The van der Waals surface area contributed by atoms with Gasteiger partial charge in [0.1, 0.15) is 16.5 Å². The summed E-state index contributed by atoms with van der Waals surface area (Å²) < 4.78 is 24.8. The number of nitrogen functional groups attached to an aromatic ring is 2. The molecule has 0 heterocycles. The van der Waals surface area contributed by atoms with Crippen LogP contribution in [0.3, 0.4) is 0 Å². The van der Waals surface area contributed by atoms with Gasteiger partial charge in [0.05, 0.1) is 18.0 Å². The number of rotatable bonds is 4. The first kappa shape index (κ1) is 14.3. The van der Waals surface area contributed by atoms with Crippen LogP contribution in [0, 0.1) is 5.82 Å². The van der Waals surface area contributed by atoms with Gasteiger partial charge in [0.15, 0.2) is 11.6 Å². The molecule has 2 aromatic carbocycles. The fraction of sp³-hybridized carbons (Fsp3) is 0.143. The zero-order chi connectivity index (χ0) is 14.7. The molecule has 4 nitrogen and oxygen atoms in total. The molecule has 0 saturated heterocycles. The van der Waals surface area contributed by atoms with Crippen LogP contribution in [0.1, 0.15) is 6.92 Å². The lowest BCUT2D eigenvalue weighted by molar-refractivity contribution is 0.337. The van der Waals surface area contributed by atoms with Crippen LogP contribution >= 0.6 is 11.6 Å². The van der Waals surface area contributed by atoms with Crippen molar-refractivity contribution in [3.05, 3.63) is 41.2 Å². The number of hydrogen-bond acceptors (Lipinski definition) is 4. The lowest BCUT2D eigenvalue weighted by Gasteiger charge is -2.12. The number of halogens is 2. The minimum absolute atomic E-state index is 0.0667. The lowest BCUT2D eigenvalue weighted by atomic mass is 10.2. The quantitative estimate of drug-likeness (QED) is 0.841. The van der Waals surface area contributed by atoms with Gasteiger partial charge >= 0.3 is 0 Å². The third-order valence-corrected chi connectivity index (χ3v) is 2.94. The van der Waals surface area contributed by atoms with Gasteiger partial charge in [0.25, 0.3) is 0 Å². The Kier molecular flexibility index (Phi) is 4.20. The van der Waals surface area contributed by atoms with Crippen molar-refractivity contribution in [3.8, 4) is 17.2 Å². The maximum atomic E-state index is 14.0. The molecule has 6 heteroatoms. The zero-order valence-electron chi connectivity index (χ0n) is 10.8. The van der Waals surface area contributed by atoms with Crippen LogP contribution in [0.15, 0.2) is 30.3 Å². The molecule has 0 saturated carbocycles. The highest BCUT2D eigenvalue weighted by Gasteiger charge is 2.16. The van der Waals surface area contributed by atoms with E-state index in [1.54, 1.807) is 24.3 Å². The summed E-state index contributed by atoms with van der Waals surface area (Å²) in [6.45, 7) is 2.39. The maximum absolute atomic E-state index is 14.0. The number of hydrogen-bond donors (Lipinski definition) is 2. The molecule has 106 valence electrons. The molecule has 0 radical (unpaired) electrons. The molecule has 0 fully saturated rings. The Bertz CT molecular complexity index is 635. The van der Waals surface area contributed by atoms with Crippen LogP contribution in [0.2, 0.25) is 5.02 Å². The van der Waals surface area contributed by atoms with E-state index in [0.29, 0.717) is 18.1 Å². The second-order valence-electron chi connectivity index (χ2n) is 4.02. The van der Waals surface area contributed by atoms with Crippen molar-refractivity contribution in [2.45, 2.75) is 6.92 Å². The van der Waals surface area contributed by atoms with Crippen LogP contribution in [-0.4, -0.2) is 6.61 Å². The molecule has 0 aromatic heterocycles. The summed E-state index contributed by atoms with van der Waals surface area (Å²) in [6, 6.07) is 8.14. The van der Waals surface area contributed by atoms with E-state index in [0.717, 1.165) is 0 Å². The second-order valence-corrected chi connectivity index (χ2v) is 4.40. The molecule has 2 rings (SSSR count). The number of benzene rings is 2. The summed E-state index contributed by atoms with van der Waals surface area (Å²) in [6.07, 6.45) is 0. The summed E-state index contributed by atoms with van der Waals surface area (Å²) in [5.74, 6) is 0.0664. The SMILES string of the molecule is CCOc1cccc(Oc2c(N)cc(N)c(Cl)c2F)c1. The molecule has 20 heavy (non-hydrogen) atoms. The Morgan fingerprint density at radius 3 is 2.55 bits per heavy atom. The van der Waals surface area contributed by atoms with Crippen molar-refractivity contribution in [2.75, 3.05) is 18.1 Å². The Hall–Kier alpha value is -2.14. The highest BCUT2D eigenvalue weighted by atomic mass is 35.5. The molecular formula is C14H14ClFN2O2. The van der Waals surface area contributed by atoms with Gasteiger partial charge in [0, 0.05) is 6.07 Å². The van der Waals surface area contributed by atoms with Gasteiger partial charge in [-0.25, -0.2) is 4.39 Å². The zero-order valence-corrected chi connectivity index (χ0v) is 11.6. The molecule has 0 spiro atoms. The van der Waals surface area contributed by atoms with Crippen LogP contribution in [0.25, 0.3) is 0 Å². The average Bonchev–Trinajstić information content (AvgIpc) is 2.42. The van der Waals surface area contributed by atoms with E-state index in [9.17, 15) is 4.39 Å². The van der Waals surface area contributed by atoms with Gasteiger partial charge in [0.2, 0.25) is 0 Å². The lowest BCUT2D eigenvalue weighted by Crippen LogP contribution is -2.00. The topological polar surface area (TPSA) is 70.5 Å². The maximum Gasteiger partial charge on any atom is 0.188 e. The van der Waals surface area contributed by atoms with E-state index in [4.69, 9.17) is 32.5 Å². The van der Waals surface area contributed by atoms with E-state index in [-0.39, 0.29) is 22.1 Å². The first-order chi connectivity index (χ1) is 9.52. The molecule has 0 atom stereocenters. The highest BCUT2D eigenvalue weighted by Crippen LogP contribution is 2.38. The first-order valence-corrected chi connectivity index (χ1v) is 6.34. The van der Waals surface area contributed by atoms with E-state index >= 15 is 0 Å². The number of anilines is 2. The van der Waals surface area contributed by atoms with E-state index in [2.05, 4.69) is 0 Å². The minimum atomic E-state index is -0.786. The van der Waals surface area contributed by atoms with Gasteiger partial charge in [-0.3, -0.25) is 0 Å². The summed E-state index contributed by atoms with van der Waals surface area (Å²) >= 11 is 5.74. The predicted molar refractivity (Wildman–Crippen MR) is 77.9 cm³/mol. The normalized spacial score (nSPS) is 10.3. The molecule has 0 bridgehead atoms. The Morgan fingerprint density at radius 2 is 1.85 bits per heavy atom. The summed E-state index contributed by atoms with van der Waals surface area (Å²) in [7, 11) is 0. The van der Waals surface area contributed by atoms with Gasteiger partial charge in [-0.05, 0) is 25.1 Å². The molecule has 2 aromatic rings. The van der Waals surface area contributed by atoms with Crippen LogP contribution in [0.5, 0.6) is 17.2 Å². The fourth-order valence-electron chi connectivity index (χ4n) is 1.67. The van der Waals surface area contributed by atoms with Crippen LogP contribution < -0.4 is 20.9 Å². The van der Waals surface area contributed by atoms with E-state index in [1.807, 2.05) is 6.92 Å². The van der Waals surface area contributed by atoms with Crippen molar-refractivity contribution < 1.29 is 13.9 Å². The summed E-state index contributed by atoms with van der Waals surface area (Å²) in [5.41, 5.74) is 11.4. The van der Waals surface area contributed by atoms with Gasteiger partial charge < -0.3 is 20.9 Å². The molecule has 4 N–H and O–H groups in total. The third-order valence-electron chi connectivity index (χ3n) is 2.56. The monoisotopic (exact) mass is 296 g/mol. The molecule has 0 aliphatic heterocycles. The Balaban J connectivity index is 2.35. The van der Waals surface area contributed by atoms with Crippen molar-refractivity contribution in [1.29, 1.82) is 0 Å². The van der Waals surface area contributed by atoms with Crippen LogP contribution in [-0.2, 0) is 0 Å². The Morgan fingerprint density at radius 1 is 1.15 bits per heavy atom. The van der Waals surface area contributed by atoms with E-state index < -0.39 is 5.82 Å². The first-order valence-electron chi connectivity index (χ1n) is 5.96. The molecular weight excluding hydrogens is 283 g/mol. The summed E-state index contributed by atoms with van der Waals surface area (Å²) in [5, 5.41) is -0.213. The Labute approximate surface area is 121 Å². The van der Waals surface area contributed by atoms with Gasteiger partial charge in [-0.15, -0.1) is 0 Å².